The van der Waals surface area contributed by atoms with Crippen LogP contribution in [-0.4, -0.2) is 36.4 Å². The third-order valence-corrected chi connectivity index (χ3v) is 2.33. The maximum absolute atomic E-state index is 11.4. The van der Waals surface area contributed by atoms with E-state index in [9.17, 15) is 9.90 Å². The van der Waals surface area contributed by atoms with Gasteiger partial charge in [0.05, 0.1) is 12.7 Å². The second kappa shape index (κ2) is 5.32. The summed E-state index contributed by atoms with van der Waals surface area (Å²) in [6, 6.07) is -0.308. The van der Waals surface area contributed by atoms with Gasteiger partial charge in [0.1, 0.15) is 6.04 Å². The molecule has 0 radical (unpaired) electrons. The highest BCUT2D eigenvalue weighted by atomic mass is 16.5. The fraction of sp³-hybridized carbons (Fsp3) is 0.900. The molecular weight excluding hydrogens is 182 g/mol. The number of β-amino-alcohol motifs (C(OH)–C–C–N with tert-alkyl or cyclic N) is 1. The summed E-state index contributed by atoms with van der Waals surface area (Å²) in [5, 5.41) is 12.1. The number of aliphatic hydroxyl groups excluding tert-OH is 1. The van der Waals surface area contributed by atoms with E-state index in [1.807, 2.05) is 0 Å². The average molecular weight is 201 g/mol. The van der Waals surface area contributed by atoms with Crippen molar-refractivity contribution < 1.29 is 14.6 Å². The Balaban J connectivity index is 2.15. The monoisotopic (exact) mass is 201 g/mol. The zero-order chi connectivity index (χ0) is 10.6. The minimum atomic E-state index is -0.405. The summed E-state index contributed by atoms with van der Waals surface area (Å²) in [7, 11) is 0. The molecule has 0 saturated carbocycles. The highest BCUT2D eigenvalue weighted by Gasteiger charge is 2.28. The van der Waals surface area contributed by atoms with Crippen molar-refractivity contribution in [3.05, 3.63) is 0 Å². The van der Waals surface area contributed by atoms with Crippen LogP contribution in [0.4, 0.5) is 0 Å². The molecule has 1 fully saturated rings. The zero-order valence-corrected chi connectivity index (χ0v) is 8.82. The van der Waals surface area contributed by atoms with E-state index in [0.717, 1.165) is 6.42 Å². The molecule has 14 heavy (non-hydrogen) atoms. The molecule has 0 aromatic rings. The molecule has 1 aliphatic rings. The third-order valence-electron chi connectivity index (χ3n) is 2.33. The Morgan fingerprint density at radius 1 is 1.64 bits per heavy atom. The molecule has 0 aromatic carbocycles. The number of aliphatic hydroxyl groups is 1. The lowest BCUT2D eigenvalue weighted by molar-refractivity contribution is -0.146. The van der Waals surface area contributed by atoms with Crippen molar-refractivity contribution in [1.82, 2.24) is 5.32 Å². The molecule has 0 spiro atoms. The predicted octanol–water partition coefficient (Wildman–Crippen LogP) is 0.299. The van der Waals surface area contributed by atoms with E-state index in [2.05, 4.69) is 19.2 Å². The topological polar surface area (TPSA) is 58.6 Å². The highest BCUT2D eigenvalue weighted by Crippen LogP contribution is 2.08. The van der Waals surface area contributed by atoms with Crippen LogP contribution in [0, 0.1) is 5.92 Å². The maximum atomic E-state index is 11.4. The minimum Gasteiger partial charge on any atom is -0.465 e. The first-order chi connectivity index (χ1) is 6.59. The molecular formula is C10H19NO3. The largest absolute Gasteiger partial charge is 0.465 e. The van der Waals surface area contributed by atoms with E-state index in [0.29, 0.717) is 25.5 Å². The second-order valence-corrected chi connectivity index (χ2v) is 4.20. The Morgan fingerprint density at radius 2 is 2.36 bits per heavy atom. The van der Waals surface area contributed by atoms with Crippen molar-refractivity contribution in [3.8, 4) is 0 Å². The Labute approximate surface area is 84.6 Å². The van der Waals surface area contributed by atoms with E-state index >= 15 is 0 Å². The van der Waals surface area contributed by atoms with Gasteiger partial charge in [0.25, 0.3) is 0 Å². The van der Waals surface area contributed by atoms with Gasteiger partial charge in [-0.2, -0.15) is 0 Å². The van der Waals surface area contributed by atoms with Crippen molar-refractivity contribution in [3.63, 3.8) is 0 Å². The van der Waals surface area contributed by atoms with E-state index in [1.165, 1.54) is 0 Å². The molecule has 4 heteroatoms. The lowest BCUT2D eigenvalue weighted by atomic mass is 10.1. The molecule has 2 N–H and O–H groups in total. The van der Waals surface area contributed by atoms with Crippen molar-refractivity contribution in [2.24, 2.45) is 5.92 Å². The first-order valence-corrected chi connectivity index (χ1v) is 5.17. The van der Waals surface area contributed by atoms with Crippen LogP contribution in [0.5, 0.6) is 0 Å². The summed E-state index contributed by atoms with van der Waals surface area (Å²) in [6.07, 6.45) is 0.958. The quantitative estimate of drug-likeness (QED) is 0.642. The van der Waals surface area contributed by atoms with Crippen LogP contribution < -0.4 is 5.32 Å². The molecule has 1 heterocycles. The van der Waals surface area contributed by atoms with Crippen LogP contribution >= 0.6 is 0 Å². The van der Waals surface area contributed by atoms with Gasteiger partial charge in [0.15, 0.2) is 0 Å². The lowest BCUT2D eigenvalue weighted by Gasteiger charge is -2.10. The van der Waals surface area contributed by atoms with Crippen LogP contribution in [0.3, 0.4) is 0 Å². The summed E-state index contributed by atoms with van der Waals surface area (Å²) in [6.45, 7) is 5.14. The van der Waals surface area contributed by atoms with Crippen LogP contribution in [0.25, 0.3) is 0 Å². The molecule has 82 valence electrons. The van der Waals surface area contributed by atoms with Gasteiger partial charge in [-0.1, -0.05) is 13.8 Å². The Bertz CT molecular complexity index is 194. The van der Waals surface area contributed by atoms with Crippen molar-refractivity contribution in [1.29, 1.82) is 0 Å². The molecule has 0 aliphatic carbocycles. The van der Waals surface area contributed by atoms with Gasteiger partial charge in [-0.25, -0.2) is 0 Å². The van der Waals surface area contributed by atoms with Crippen LogP contribution in [-0.2, 0) is 9.53 Å². The van der Waals surface area contributed by atoms with E-state index in [1.54, 1.807) is 0 Å². The van der Waals surface area contributed by atoms with Gasteiger partial charge in [-0.3, -0.25) is 4.79 Å². The smallest absolute Gasteiger partial charge is 0.323 e. The first-order valence-electron chi connectivity index (χ1n) is 5.17. The van der Waals surface area contributed by atoms with Crippen molar-refractivity contribution in [2.45, 2.75) is 38.8 Å². The number of hydrogen-bond donors (Lipinski definition) is 2. The number of nitrogens with one attached hydrogen (secondary N) is 1. The Kier molecular flexibility index (Phi) is 4.35. The van der Waals surface area contributed by atoms with Gasteiger partial charge in [-0.05, 0) is 12.3 Å². The highest BCUT2D eigenvalue weighted by molar-refractivity contribution is 5.76. The van der Waals surface area contributed by atoms with Crippen molar-refractivity contribution >= 4 is 5.97 Å². The summed E-state index contributed by atoms with van der Waals surface area (Å²) in [5.41, 5.74) is 0. The molecule has 0 bridgehead atoms. The summed E-state index contributed by atoms with van der Waals surface area (Å²) < 4.78 is 5.07. The van der Waals surface area contributed by atoms with E-state index in [4.69, 9.17) is 4.74 Å². The van der Waals surface area contributed by atoms with E-state index in [-0.39, 0.29) is 12.0 Å². The predicted molar refractivity (Wildman–Crippen MR) is 52.8 cm³/mol. The molecule has 2 atom stereocenters. The zero-order valence-electron chi connectivity index (χ0n) is 8.82. The number of rotatable bonds is 4. The number of hydrogen-bond acceptors (Lipinski definition) is 4. The fourth-order valence-corrected chi connectivity index (χ4v) is 1.39. The lowest BCUT2D eigenvalue weighted by Crippen LogP contribution is -2.32. The normalized spacial score (nSPS) is 26.9. The van der Waals surface area contributed by atoms with Gasteiger partial charge in [-0.15, -0.1) is 0 Å². The molecule has 0 amide bonds. The third kappa shape index (κ3) is 3.64. The maximum Gasteiger partial charge on any atom is 0.323 e. The molecule has 2 unspecified atom stereocenters. The number of ether oxygens (including phenoxy) is 1. The summed E-state index contributed by atoms with van der Waals surface area (Å²) in [4.78, 5) is 11.4. The molecule has 0 aromatic heterocycles. The van der Waals surface area contributed by atoms with Crippen LogP contribution in [0.15, 0.2) is 0 Å². The number of carbonyl (C=O) groups is 1. The number of esters is 1. The molecule has 1 rings (SSSR count). The fourth-order valence-electron chi connectivity index (χ4n) is 1.39. The second-order valence-electron chi connectivity index (χ2n) is 4.20. The Hall–Kier alpha value is -0.610. The van der Waals surface area contributed by atoms with Crippen molar-refractivity contribution in [2.75, 3.05) is 13.2 Å². The first kappa shape index (κ1) is 11.5. The minimum absolute atomic E-state index is 0.234. The summed E-state index contributed by atoms with van der Waals surface area (Å²) >= 11 is 0. The van der Waals surface area contributed by atoms with Crippen LogP contribution in [0.1, 0.15) is 26.7 Å². The van der Waals surface area contributed by atoms with Gasteiger partial charge >= 0.3 is 5.97 Å². The van der Waals surface area contributed by atoms with Gasteiger partial charge < -0.3 is 15.2 Å². The van der Waals surface area contributed by atoms with Crippen LogP contribution in [0.2, 0.25) is 0 Å². The molecule has 1 saturated heterocycles. The number of carbonyl (C=O) groups excluding carboxylic acids is 1. The average Bonchev–Trinajstić information content (AvgIpc) is 2.51. The van der Waals surface area contributed by atoms with E-state index < -0.39 is 6.10 Å². The SMILES string of the molecule is CC(C)CCOC(=O)C1CC(O)CN1. The Morgan fingerprint density at radius 3 is 2.86 bits per heavy atom. The standard InChI is InChI=1S/C10H19NO3/c1-7(2)3-4-14-10(13)9-5-8(12)6-11-9/h7-9,11-12H,3-6H2,1-2H3. The summed E-state index contributed by atoms with van der Waals surface area (Å²) in [5.74, 6) is 0.312. The molecule has 1 aliphatic heterocycles. The van der Waals surface area contributed by atoms with Gasteiger partial charge in [0.2, 0.25) is 0 Å². The molecule has 4 nitrogen and oxygen atoms in total. The van der Waals surface area contributed by atoms with Gasteiger partial charge in [0, 0.05) is 13.0 Å².